The van der Waals surface area contributed by atoms with Crippen molar-refractivity contribution in [1.29, 1.82) is 0 Å². The van der Waals surface area contributed by atoms with Crippen LogP contribution in [0.3, 0.4) is 0 Å². The molecule has 0 aliphatic heterocycles. The van der Waals surface area contributed by atoms with E-state index in [0.717, 1.165) is 11.8 Å². The number of rotatable bonds is 3. The third-order valence-corrected chi connectivity index (χ3v) is 2.55. The molecule has 0 spiro atoms. The molecule has 0 fully saturated rings. The van der Waals surface area contributed by atoms with Crippen molar-refractivity contribution in [3.8, 4) is 0 Å². The van der Waals surface area contributed by atoms with Gasteiger partial charge in [0.1, 0.15) is 6.29 Å². The van der Waals surface area contributed by atoms with Gasteiger partial charge in [-0.2, -0.15) is 0 Å². The van der Waals surface area contributed by atoms with Gasteiger partial charge in [-0.3, -0.25) is 0 Å². The summed E-state index contributed by atoms with van der Waals surface area (Å²) >= 11 is 1.69. The Kier molecular flexibility index (Phi) is 3.35. The van der Waals surface area contributed by atoms with Crippen molar-refractivity contribution in [3.63, 3.8) is 0 Å². The first kappa shape index (κ1) is 9.33. The van der Waals surface area contributed by atoms with Gasteiger partial charge in [-0.1, -0.05) is 19.1 Å². The van der Waals surface area contributed by atoms with Gasteiger partial charge in [0.25, 0.3) is 0 Å². The van der Waals surface area contributed by atoms with Gasteiger partial charge in [0, 0.05) is 10.8 Å². The molecule has 0 N–H and O–H groups in total. The van der Waals surface area contributed by atoms with E-state index in [4.69, 9.17) is 0 Å². The standard InChI is InChI=1S/C10H12OS/c1-8(7-11)9-4-3-5-10(6-9)12-2/h3-8H,1-2H3. The van der Waals surface area contributed by atoms with Crippen LogP contribution in [0.2, 0.25) is 0 Å². The van der Waals surface area contributed by atoms with Gasteiger partial charge in [0.05, 0.1) is 0 Å². The van der Waals surface area contributed by atoms with E-state index in [1.54, 1.807) is 11.8 Å². The lowest BCUT2D eigenvalue weighted by molar-refractivity contribution is -0.108. The maximum atomic E-state index is 10.5. The minimum absolute atomic E-state index is 0.0112. The molecule has 1 atom stereocenters. The summed E-state index contributed by atoms with van der Waals surface area (Å²) in [4.78, 5) is 11.7. The molecule has 1 nitrogen and oxygen atoms in total. The van der Waals surface area contributed by atoms with Crippen molar-refractivity contribution in [1.82, 2.24) is 0 Å². The number of thioether (sulfide) groups is 1. The Labute approximate surface area is 77.2 Å². The highest BCUT2D eigenvalue weighted by atomic mass is 32.2. The summed E-state index contributed by atoms with van der Waals surface area (Å²) in [5.41, 5.74) is 1.09. The first-order valence-electron chi connectivity index (χ1n) is 3.87. The largest absolute Gasteiger partial charge is 0.303 e. The fraction of sp³-hybridized carbons (Fsp3) is 0.300. The lowest BCUT2D eigenvalue weighted by Gasteiger charge is -2.04. The van der Waals surface area contributed by atoms with Crippen molar-refractivity contribution in [3.05, 3.63) is 29.8 Å². The van der Waals surface area contributed by atoms with Crippen molar-refractivity contribution in [2.75, 3.05) is 6.26 Å². The maximum absolute atomic E-state index is 10.5. The Balaban J connectivity index is 2.93. The Morgan fingerprint density at radius 1 is 1.50 bits per heavy atom. The topological polar surface area (TPSA) is 17.1 Å². The fourth-order valence-corrected chi connectivity index (χ4v) is 1.47. The van der Waals surface area contributed by atoms with E-state index >= 15 is 0 Å². The predicted molar refractivity (Wildman–Crippen MR) is 52.7 cm³/mol. The van der Waals surface area contributed by atoms with E-state index in [1.807, 2.05) is 31.4 Å². The molecule has 1 rings (SSSR count). The van der Waals surface area contributed by atoms with Crippen LogP contribution in [-0.2, 0) is 4.79 Å². The van der Waals surface area contributed by atoms with E-state index in [-0.39, 0.29) is 5.92 Å². The van der Waals surface area contributed by atoms with Gasteiger partial charge in [0.15, 0.2) is 0 Å². The van der Waals surface area contributed by atoms with Crippen molar-refractivity contribution >= 4 is 18.0 Å². The Morgan fingerprint density at radius 3 is 2.83 bits per heavy atom. The molecule has 2 heteroatoms. The second-order valence-corrected chi connectivity index (χ2v) is 3.58. The fourth-order valence-electron chi connectivity index (χ4n) is 1.00. The zero-order valence-electron chi connectivity index (χ0n) is 7.28. The van der Waals surface area contributed by atoms with Crippen molar-refractivity contribution in [2.24, 2.45) is 0 Å². The Hall–Kier alpha value is -0.760. The summed E-state index contributed by atoms with van der Waals surface area (Å²) in [5.74, 6) is 0.0112. The van der Waals surface area contributed by atoms with E-state index in [2.05, 4.69) is 6.07 Å². The molecule has 0 amide bonds. The summed E-state index contributed by atoms with van der Waals surface area (Å²) in [6.45, 7) is 1.91. The van der Waals surface area contributed by atoms with E-state index < -0.39 is 0 Å². The van der Waals surface area contributed by atoms with Crippen LogP contribution < -0.4 is 0 Å². The molecule has 0 aliphatic rings. The average molecular weight is 180 g/mol. The molecule has 64 valence electrons. The zero-order valence-corrected chi connectivity index (χ0v) is 8.10. The van der Waals surface area contributed by atoms with E-state index in [0.29, 0.717) is 0 Å². The lowest BCUT2D eigenvalue weighted by atomic mass is 10.0. The highest BCUT2D eigenvalue weighted by Gasteiger charge is 2.02. The van der Waals surface area contributed by atoms with Crippen LogP contribution in [0.4, 0.5) is 0 Å². The molecule has 0 radical (unpaired) electrons. The van der Waals surface area contributed by atoms with Gasteiger partial charge in [-0.25, -0.2) is 0 Å². The van der Waals surface area contributed by atoms with Gasteiger partial charge in [0.2, 0.25) is 0 Å². The number of benzene rings is 1. The van der Waals surface area contributed by atoms with Crippen molar-refractivity contribution < 1.29 is 4.79 Å². The SMILES string of the molecule is CSc1cccc(C(C)C=O)c1. The molecular weight excluding hydrogens is 168 g/mol. The quantitative estimate of drug-likeness (QED) is 0.525. The van der Waals surface area contributed by atoms with Gasteiger partial charge < -0.3 is 4.79 Å². The molecule has 12 heavy (non-hydrogen) atoms. The van der Waals surface area contributed by atoms with Gasteiger partial charge >= 0.3 is 0 Å². The summed E-state index contributed by atoms with van der Waals surface area (Å²) in [5, 5.41) is 0. The number of carbonyl (C=O) groups is 1. The Bertz CT molecular complexity index is 270. The van der Waals surface area contributed by atoms with Crippen LogP contribution in [-0.4, -0.2) is 12.5 Å². The van der Waals surface area contributed by atoms with Crippen LogP contribution >= 0.6 is 11.8 Å². The van der Waals surface area contributed by atoms with Crippen molar-refractivity contribution in [2.45, 2.75) is 17.7 Å². The zero-order chi connectivity index (χ0) is 8.97. The summed E-state index contributed by atoms with van der Waals surface area (Å²) in [6, 6.07) is 8.08. The lowest BCUT2D eigenvalue weighted by Crippen LogP contribution is -1.93. The highest BCUT2D eigenvalue weighted by molar-refractivity contribution is 7.98. The summed E-state index contributed by atoms with van der Waals surface area (Å²) in [6.07, 6.45) is 3.00. The minimum atomic E-state index is 0.0112. The molecule has 1 unspecified atom stereocenters. The first-order chi connectivity index (χ1) is 5.77. The Morgan fingerprint density at radius 2 is 2.25 bits per heavy atom. The molecule has 0 aliphatic carbocycles. The smallest absolute Gasteiger partial charge is 0.127 e. The maximum Gasteiger partial charge on any atom is 0.127 e. The van der Waals surface area contributed by atoms with Crippen LogP contribution in [0.5, 0.6) is 0 Å². The molecule has 0 bridgehead atoms. The van der Waals surface area contributed by atoms with Crippen LogP contribution in [0.15, 0.2) is 29.2 Å². The molecular formula is C10H12OS. The van der Waals surface area contributed by atoms with Gasteiger partial charge in [-0.05, 0) is 24.0 Å². The number of aldehydes is 1. The first-order valence-corrected chi connectivity index (χ1v) is 5.09. The molecule has 0 saturated heterocycles. The molecule has 0 heterocycles. The third kappa shape index (κ3) is 2.11. The van der Waals surface area contributed by atoms with E-state index in [9.17, 15) is 4.79 Å². The monoisotopic (exact) mass is 180 g/mol. The van der Waals surface area contributed by atoms with Crippen LogP contribution in [0.1, 0.15) is 18.4 Å². The number of hydrogen-bond donors (Lipinski definition) is 0. The number of hydrogen-bond acceptors (Lipinski definition) is 2. The third-order valence-electron chi connectivity index (χ3n) is 1.82. The molecule has 0 aromatic heterocycles. The molecule has 1 aromatic carbocycles. The minimum Gasteiger partial charge on any atom is -0.303 e. The summed E-state index contributed by atoms with van der Waals surface area (Å²) < 4.78 is 0. The second kappa shape index (κ2) is 4.31. The van der Waals surface area contributed by atoms with Gasteiger partial charge in [-0.15, -0.1) is 11.8 Å². The van der Waals surface area contributed by atoms with E-state index in [1.165, 1.54) is 4.90 Å². The normalized spacial score (nSPS) is 12.5. The second-order valence-electron chi connectivity index (χ2n) is 2.70. The van der Waals surface area contributed by atoms with Crippen LogP contribution in [0, 0.1) is 0 Å². The van der Waals surface area contributed by atoms with Crippen LogP contribution in [0.25, 0.3) is 0 Å². The predicted octanol–water partition coefficient (Wildman–Crippen LogP) is 2.71. The molecule has 1 aromatic rings. The summed E-state index contributed by atoms with van der Waals surface area (Å²) in [7, 11) is 0. The highest BCUT2D eigenvalue weighted by Crippen LogP contribution is 2.20. The molecule has 0 saturated carbocycles. The number of carbonyl (C=O) groups excluding carboxylic acids is 1. The average Bonchev–Trinajstić information content (AvgIpc) is 2.17.